The lowest BCUT2D eigenvalue weighted by molar-refractivity contribution is -0.132. The first kappa shape index (κ1) is 14.9. The van der Waals surface area contributed by atoms with Gasteiger partial charge in [-0.25, -0.2) is 0 Å². The van der Waals surface area contributed by atoms with E-state index in [4.69, 9.17) is 4.74 Å². The number of rotatable bonds is 1. The fraction of sp³-hybridized carbons (Fsp3) is 1.00. The zero-order chi connectivity index (χ0) is 12.9. The first-order chi connectivity index (χ1) is 8.11. The molecule has 0 aromatic rings. The van der Waals surface area contributed by atoms with E-state index in [1.807, 2.05) is 13.8 Å². The molecule has 0 saturated carbocycles. The average molecular weight is 242 g/mol. The second-order valence-corrected chi connectivity index (χ2v) is 5.40. The number of ether oxygens (including phenoxy) is 1. The highest BCUT2D eigenvalue weighted by Gasteiger charge is 2.38. The smallest absolute Gasteiger partial charge is 0.0833 e. The van der Waals surface area contributed by atoms with Crippen LogP contribution in [-0.2, 0) is 4.74 Å². The minimum Gasteiger partial charge on any atom is -0.372 e. The Morgan fingerprint density at radius 3 is 2.12 bits per heavy atom. The van der Waals surface area contributed by atoms with Crippen LogP contribution < -0.4 is 0 Å². The molecular formula is C14H30N2O. The molecular weight excluding hydrogens is 212 g/mol. The first-order valence-electron chi connectivity index (χ1n) is 7.18. The summed E-state index contributed by atoms with van der Waals surface area (Å²) in [6, 6.07) is 0.684. The van der Waals surface area contributed by atoms with Gasteiger partial charge in [0.15, 0.2) is 0 Å². The van der Waals surface area contributed by atoms with Crippen molar-refractivity contribution in [3.8, 4) is 0 Å². The van der Waals surface area contributed by atoms with E-state index >= 15 is 0 Å². The van der Waals surface area contributed by atoms with Crippen molar-refractivity contribution in [1.82, 2.24) is 9.80 Å². The minimum atomic E-state index is 0.179. The third kappa shape index (κ3) is 3.94. The molecule has 2 aliphatic rings. The molecule has 0 atom stereocenters. The van der Waals surface area contributed by atoms with Gasteiger partial charge in [-0.2, -0.15) is 0 Å². The molecule has 17 heavy (non-hydrogen) atoms. The van der Waals surface area contributed by atoms with Gasteiger partial charge >= 0.3 is 0 Å². The maximum Gasteiger partial charge on any atom is 0.0833 e. The summed E-state index contributed by atoms with van der Waals surface area (Å²) in [7, 11) is 2.21. The summed E-state index contributed by atoms with van der Waals surface area (Å²) in [4.78, 5) is 4.97. The van der Waals surface area contributed by atoms with Gasteiger partial charge in [-0.1, -0.05) is 13.8 Å². The Hall–Kier alpha value is -0.120. The topological polar surface area (TPSA) is 15.7 Å². The van der Waals surface area contributed by atoms with Crippen LogP contribution in [0.2, 0.25) is 0 Å². The van der Waals surface area contributed by atoms with Crippen LogP contribution in [0.25, 0.3) is 0 Å². The molecule has 2 heterocycles. The molecule has 0 radical (unpaired) electrons. The molecule has 102 valence electrons. The van der Waals surface area contributed by atoms with Gasteiger partial charge in [-0.15, -0.1) is 0 Å². The summed E-state index contributed by atoms with van der Waals surface area (Å²) in [6.07, 6.45) is 2.41. The number of morpholine rings is 1. The van der Waals surface area contributed by atoms with E-state index in [9.17, 15) is 0 Å². The average Bonchev–Trinajstić information content (AvgIpc) is 2.32. The van der Waals surface area contributed by atoms with Crippen molar-refractivity contribution in [2.75, 3.05) is 39.8 Å². The Morgan fingerprint density at radius 1 is 1.06 bits per heavy atom. The number of hydrogen-bond acceptors (Lipinski definition) is 3. The van der Waals surface area contributed by atoms with Crippen molar-refractivity contribution in [2.45, 2.75) is 52.2 Å². The van der Waals surface area contributed by atoms with Crippen molar-refractivity contribution in [1.29, 1.82) is 0 Å². The van der Waals surface area contributed by atoms with Crippen LogP contribution in [0.3, 0.4) is 0 Å². The highest BCUT2D eigenvalue weighted by atomic mass is 16.5. The normalized spacial score (nSPS) is 25.8. The van der Waals surface area contributed by atoms with Gasteiger partial charge in [0, 0.05) is 32.2 Å². The standard InChI is InChI=1S/C12H24N2O.C2H6/c1-11(2)14-6-4-12(5-7-14)10-13(3)8-9-15-12;1-2/h11H,4-10H2,1-3H3;1-2H3. The molecule has 2 fully saturated rings. The van der Waals surface area contributed by atoms with Gasteiger partial charge in [0.1, 0.15) is 0 Å². The van der Waals surface area contributed by atoms with E-state index in [-0.39, 0.29) is 5.60 Å². The Morgan fingerprint density at radius 2 is 1.65 bits per heavy atom. The molecule has 0 aliphatic carbocycles. The second kappa shape index (κ2) is 6.72. The Kier molecular flexibility index (Phi) is 5.90. The Labute approximate surface area is 107 Å². The van der Waals surface area contributed by atoms with E-state index in [0.29, 0.717) is 6.04 Å². The SMILES string of the molecule is CC.CC(C)N1CCC2(CC1)CN(C)CCO2. The molecule has 0 amide bonds. The number of piperidine rings is 1. The molecule has 1 spiro atoms. The Bertz CT molecular complexity index is 210. The maximum absolute atomic E-state index is 6.04. The van der Waals surface area contributed by atoms with Gasteiger partial charge in [-0.3, -0.25) is 0 Å². The van der Waals surface area contributed by atoms with Gasteiger partial charge in [0.05, 0.1) is 12.2 Å². The third-order valence-corrected chi connectivity index (χ3v) is 3.88. The van der Waals surface area contributed by atoms with Crippen molar-refractivity contribution in [3.63, 3.8) is 0 Å². The molecule has 2 rings (SSSR count). The lowest BCUT2D eigenvalue weighted by Gasteiger charge is -2.47. The van der Waals surface area contributed by atoms with Crippen molar-refractivity contribution in [3.05, 3.63) is 0 Å². The number of likely N-dealkylation sites (tertiary alicyclic amines) is 1. The van der Waals surface area contributed by atoms with Gasteiger partial charge < -0.3 is 14.5 Å². The van der Waals surface area contributed by atoms with Gasteiger partial charge in [0.2, 0.25) is 0 Å². The van der Waals surface area contributed by atoms with Crippen LogP contribution in [0.4, 0.5) is 0 Å². The quantitative estimate of drug-likeness (QED) is 0.701. The summed E-state index contributed by atoms with van der Waals surface area (Å²) in [6.45, 7) is 14.1. The molecule has 3 nitrogen and oxygen atoms in total. The summed E-state index contributed by atoms with van der Waals surface area (Å²) in [5.41, 5.74) is 0.179. The molecule has 0 N–H and O–H groups in total. The highest BCUT2D eigenvalue weighted by Crippen LogP contribution is 2.30. The van der Waals surface area contributed by atoms with E-state index in [2.05, 4.69) is 30.7 Å². The molecule has 2 saturated heterocycles. The lowest BCUT2D eigenvalue weighted by atomic mass is 9.89. The monoisotopic (exact) mass is 242 g/mol. The van der Waals surface area contributed by atoms with Crippen molar-refractivity contribution in [2.24, 2.45) is 0 Å². The first-order valence-corrected chi connectivity index (χ1v) is 7.18. The zero-order valence-electron chi connectivity index (χ0n) is 12.3. The highest BCUT2D eigenvalue weighted by molar-refractivity contribution is 4.92. The maximum atomic E-state index is 6.04. The van der Waals surface area contributed by atoms with Crippen LogP contribution in [-0.4, -0.2) is 61.3 Å². The summed E-state index contributed by atoms with van der Waals surface area (Å²) < 4.78 is 6.04. The molecule has 0 aromatic carbocycles. The predicted octanol–water partition coefficient (Wildman–Crippen LogP) is 2.22. The second-order valence-electron chi connectivity index (χ2n) is 5.40. The van der Waals surface area contributed by atoms with Crippen LogP contribution in [0, 0.1) is 0 Å². The van der Waals surface area contributed by atoms with Crippen LogP contribution in [0.15, 0.2) is 0 Å². The largest absolute Gasteiger partial charge is 0.372 e. The fourth-order valence-corrected chi connectivity index (χ4v) is 2.78. The van der Waals surface area contributed by atoms with E-state index in [0.717, 1.165) is 19.7 Å². The van der Waals surface area contributed by atoms with E-state index in [1.165, 1.54) is 25.9 Å². The molecule has 0 unspecified atom stereocenters. The van der Waals surface area contributed by atoms with Gasteiger partial charge in [-0.05, 0) is 33.7 Å². The number of likely N-dealkylation sites (N-methyl/N-ethyl adjacent to an activating group) is 1. The Balaban J connectivity index is 0.000000686. The molecule has 2 aliphatic heterocycles. The molecule has 0 aromatic heterocycles. The summed E-state index contributed by atoms with van der Waals surface area (Å²) >= 11 is 0. The van der Waals surface area contributed by atoms with Crippen molar-refractivity contribution < 1.29 is 4.74 Å². The number of hydrogen-bond donors (Lipinski definition) is 0. The summed E-state index contributed by atoms with van der Waals surface area (Å²) in [5, 5.41) is 0. The zero-order valence-corrected chi connectivity index (χ0v) is 12.3. The fourth-order valence-electron chi connectivity index (χ4n) is 2.78. The van der Waals surface area contributed by atoms with Crippen molar-refractivity contribution >= 4 is 0 Å². The molecule has 0 bridgehead atoms. The van der Waals surface area contributed by atoms with Crippen LogP contribution >= 0.6 is 0 Å². The summed E-state index contributed by atoms with van der Waals surface area (Å²) in [5.74, 6) is 0. The van der Waals surface area contributed by atoms with Crippen LogP contribution in [0.5, 0.6) is 0 Å². The number of nitrogens with zero attached hydrogens (tertiary/aromatic N) is 2. The lowest BCUT2D eigenvalue weighted by Crippen LogP contribution is -2.56. The van der Waals surface area contributed by atoms with E-state index < -0.39 is 0 Å². The van der Waals surface area contributed by atoms with E-state index in [1.54, 1.807) is 0 Å². The van der Waals surface area contributed by atoms with Crippen LogP contribution in [0.1, 0.15) is 40.5 Å². The predicted molar refractivity (Wildman–Crippen MR) is 73.5 cm³/mol. The third-order valence-electron chi connectivity index (χ3n) is 3.88. The minimum absolute atomic E-state index is 0.179. The molecule has 3 heteroatoms. The van der Waals surface area contributed by atoms with Gasteiger partial charge in [0.25, 0.3) is 0 Å².